The molecule has 0 heterocycles. The number of hydrogen-bond acceptors (Lipinski definition) is 1. The fraction of sp³-hybridized carbons (Fsp3) is 0.964. The topological polar surface area (TPSA) is 26.0 Å². The molecule has 29 heavy (non-hydrogen) atoms. The first-order valence-corrected chi connectivity index (χ1v) is 13.9. The summed E-state index contributed by atoms with van der Waals surface area (Å²) in [6, 6.07) is 0. The van der Waals surface area contributed by atoms with Crippen LogP contribution in [0.1, 0.15) is 167 Å². The molecule has 0 fully saturated rings. The lowest BCUT2D eigenvalue weighted by Crippen LogP contribution is -1.97. The third kappa shape index (κ3) is 28.0. The maximum Gasteiger partial charge on any atom is -0.00773 e. The molecule has 0 spiro atoms. The van der Waals surface area contributed by atoms with Gasteiger partial charge in [0, 0.05) is 0 Å². The predicted octanol–water partition coefficient (Wildman–Crippen LogP) is 9.92. The maximum absolute atomic E-state index is 5.53. The minimum Gasteiger partial charge on any atom is -0.330 e. The van der Waals surface area contributed by atoms with E-state index in [0.29, 0.717) is 0 Å². The first-order chi connectivity index (χ1) is 14.4. The zero-order chi connectivity index (χ0) is 21.1. The van der Waals surface area contributed by atoms with E-state index in [9.17, 15) is 0 Å². The molecule has 1 nitrogen and oxygen atoms in total. The number of unbranched alkanes of at least 4 members (excludes halogenated alkanes) is 25. The van der Waals surface area contributed by atoms with Crippen molar-refractivity contribution in [2.24, 2.45) is 5.73 Å². The Hall–Kier alpha value is -0.0400. The van der Waals surface area contributed by atoms with Crippen LogP contribution in [0.15, 0.2) is 0 Å². The smallest absolute Gasteiger partial charge is 0.00773 e. The molecule has 0 aliphatic rings. The molecule has 0 saturated heterocycles. The summed E-state index contributed by atoms with van der Waals surface area (Å²) in [5, 5.41) is 0. The van der Waals surface area contributed by atoms with Crippen LogP contribution < -0.4 is 5.73 Å². The van der Waals surface area contributed by atoms with Gasteiger partial charge in [-0.3, -0.25) is 0 Å². The van der Waals surface area contributed by atoms with Crippen molar-refractivity contribution in [3.05, 3.63) is 6.92 Å². The maximum atomic E-state index is 5.53. The van der Waals surface area contributed by atoms with Gasteiger partial charge in [-0.25, -0.2) is 0 Å². The van der Waals surface area contributed by atoms with Gasteiger partial charge < -0.3 is 5.73 Å². The van der Waals surface area contributed by atoms with Crippen molar-refractivity contribution in [2.75, 3.05) is 6.54 Å². The van der Waals surface area contributed by atoms with Crippen LogP contribution in [0.3, 0.4) is 0 Å². The molecule has 0 aromatic carbocycles. The molecule has 0 atom stereocenters. The first-order valence-electron chi connectivity index (χ1n) is 13.9. The molecule has 2 N–H and O–H groups in total. The summed E-state index contributed by atoms with van der Waals surface area (Å²) >= 11 is 0. The fourth-order valence-corrected chi connectivity index (χ4v) is 4.39. The van der Waals surface area contributed by atoms with Gasteiger partial charge in [-0.2, -0.15) is 0 Å². The van der Waals surface area contributed by atoms with Crippen molar-refractivity contribution in [1.29, 1.82) is 0 Å². The van der Waals surface area contributed by atoms with Crippen LogP contribution >= 0.6 is 0 Å². The lowest BCUT2D eigenvalue weighted by Gasteiger charge is -2.04. The molecule has 1 radical (unpaired) electrons. The average Bonchev–Trinajstić information content (AvgIpc) is 2.74. The van der Waals surface area contributed by atoms with Crippen LogP contribution in [0.2, 0.25) is 0 Å². The van der Waals surface area contributed by atoms with E-state index in [1.54, 1.807) is 0 Å². The van der Waals surface area contributed by atoms with E-state index in [4.69, 9.17) is 5.73 Å². The molecular formula is C28H58N. The van der Waals surface area contributed by atoms with Crippen LogP contribution in [-0.2, 0) is 0 Å². The van der Waals surface area contributed by atoms with Crippen molar-refractivity contribution >= 4 is 0 Å². The molecule has 1 heteroatoms. The van der Waals surface area contributed by atoms with Crippen LogP contribution in [0.4, 0.5) is 0 Å². The number of nitrogens with two attached hydrogens (primary N) is 1. The van der Waals surface area contributed by atoms with Gasteiger partial charge in [0.2, 0.25) is 0 Å². The molecule has 0 bridgehead atoms. The van der Waals surface area contributed by atoms with E-state index >= 15 is 0 Å². The summed E-state index contributed by atoms with van der Waals surface area (Å²) in [5.74, 6) is 0. The highest BCUT2D eigenvalue weighted by Gasteiger charge is 1.96. The molecule has 175 valence electrons. The van der Waals surface area contributed by atoms with Gasteiger partial charge in [-0.05, 0) is 13.0 Å². The molecule has 0 aromatic rings. The minimum absolute atomic E-state index is 0.873. The Morgan fingerprint density at radius 2 is 0.448 bits per heavy atom. The summed E-state index contributed by atoms with van der Waals surface area (Å²) in [5.41, 5.74) is 5.53. The molecule has 0 rings (SSSR count). The lowest BCUT2D eigenvalue weighted by molar-refractivity contribution is 0.516. The Kier molecular flexibility index (Phi) is 27.9. The summed E-state index contributed by atoms with van der Waals surface area (Å²) in [7, 11) is 0. The molecule has 0 unspecified atom stereocenters. The van der Waals surface area contributed by atoms with Crippen molar-refractivity contribution in [3.8, 4) is 0 Å². The van der Waals surface area contributed by atoms with Crippen LogP contribution in [0.5, 0.6) is 0 Å². The minimum atomic E-state index is 0.873. The van der Waals surface area contributed by atoms with Crippen LogP contribution in [-0.4, -0.2) is 6.54 Å². The Morgan fingerprint density at radius 3 is 0.621 bits per heavy atom. The van der Waals surface area contributed by atoms with Gasteiger partial charge in [0.05, 0.1) is 0 Å². The van der Waals surface area contributed by atoms with E-state index < -0.39 is 0 Å². The van der Waals surface area contributed by atoms with Gasteiger partial charge in [-0.1, -0.05) is 167 Å². The predicted molar refractivity (Wildman–Crippen MR) is 134 cm³/mol. The average molecular weight is 409 g/mol. The second kappa shape index (κ2) is 28.0. The molecule has 0 saturated carbocycles. The molecule has 0 aliphatic heterocycles. The van der Waals surface area contributed by atoms with Gasteiger partial charge in [-0.15, -0.1) is 0 Å². The van der Waals surface area contributed by atoms with Gasteiger partial charge in [0.25, 0.3) is 0 Å². The normalized spacial score (nSPS) is 11.4. The van der Waals surface area contributed by atoms with Gasteiger partial charge in [0.15, 0.2) is 0 Å². The van der Waals surface area contributed by atoms with E-state index in [-0.39, 0.29) is 0 Å². The zero-order valence-electron chi connectivity index (χ0n) is 20.4. The summed E-state index contributed by atoms with van der Waals surface area (Å²) in [6.45, 7) is 4.79. The molecule has 0 aliphatic carbocycles. The number of rotatable bonds is 26. The Balaban J connectivity index is 2.97. The summed E-state index contributed by atoms with van der Waals surface area (Å²) in [6.07, 6.45) is 37.2. The quantitative estimate of drug-likeness (QED) is 0.141. The highest BCUT2D eigenvalue weighted by Crippen LogP contribution is 2.15. The Bertz CT molecular complexity index is 237. The van der Waals surface area contributed by atoms with Gasteiger partial charge >= 0.3 is 0 Å². The van der Waals surface area contributed by atoms with Crippen molar-refractivity contribution in [2.45, 2.75) is 167 Å². The first kappa shape index (κ1) is 29.0. The SMILES string of the molecule is [CH2]CCCCCCCCCCCCCCCCCCCCCCCCCCCN. The van der Waals surface area contributed by atoms with Crippen LogP contribution in [0, 0.1) is 6.92 Å². The third-order valence-corrected chi connectivity index (χ3v) is 6.45. The molecule has 0 aromatic heterocycles. The van der Waals surface area contributed by atoms with Crippen molar-refractivity contribution in [1.82, 2.24) is 0 Å². The highest BCUT2D eigenvalue weighted by atomic mass is 14.5. The van der Waals surface area contributed by atoms with E-state index in [2.05, 4.69) is 6.92 Å². The molecule has 0 amide bonds. The highest BCUT2D eigenvalue weighted by molar-refractivity contribution is 4.52. The number of hydrogen-bond donors (Lipinski definition) is 1. The Morgan fingerprint density at radius 1 is 0.276 bits per heavy atom. The van der Waals surface area contributed by atoms with Crippen molar-refractivity contribution < 1.29 is 0 Å². The second-order valence-corrected chi connectivity index (χ2v) is 9.48. The summed E-state index contributed by atoms with van der Waals surface area (Å²) in [4.78, 5) is 0. The largest absolute Gasteiger partial charge is 0.330 e. The van der Waals surface area contributed by atoms with E-state index in [1.807, 2.05) is 0 Å². The fourth-order valence-electron chi connectivity index (χ4n) is 4.39. The van der Waals surface area contributed by atoms with Crippen LogP contribution in [0.25, 0.3) is 0 Å². The lowest BCUT2D eigenvalue weighted by atomic mass is 10.0. The second-order valence-electron chi connectivity index (χ2n) is 9.48. The van der Waals surface area contributed by atoms with Crippen molar-refractivity contribution in [3.63, 3.8) is 0 Å². The van der Waals surface area contributed by atoms with E-state index in [1.165, 1.54) is 161 Å². The standard InChI is InChI=1S/C28H58N/c1-2-3-4-5-6-7-8-9-10-11-12-13-14-15-16-17-18-19-20-21-22-23-24-25-26-27-28-29/h1-29H2. The van der Waals surface area contributed by atoms with Gasteiger partial charge in [0.1, 0.15) is 0 Å². The molecular weight excluding hydrogens is 350 g/mol. The zero-order valence-corrected chi connectivity index (χ0v) is 20.4. The monoisotopic (exact) mass is 408 g/mol. The third-order valence-electron chi connectivity index (χ3n) is 6.45. The Labute approximate surface area is 186 Å². The van der Waals surface area contributed by atoms with E-state index in [0.717, 1.165) is 13.0 Å². The summed E-state index contributed by atoms with van der Waals surface area (Å²) < 4.78 is 0.